The fraction of sp³-hybridized carbons (Fsp3) is 0.760. The third-order valence-electron chi connectivity index (χ3n) is 4.92. The Labute approximate surface area is 184 Å². The molecule has 0 aliphatic carbocycles. The van der Waals surface area contributed by atoms with Gasteiger partial charge in [0.05, 0.1) is 40.1 Å². The van der Waals surface area contributed by atoms with Gasteiger partial charge in [-0.3, -0.25) is 0 Å². The van der Waals surface area contributed by atoms with Gasteiger partial charge in [0.25, 0.3) is 0 Å². The number of hydrogen-bond acceptors (Lipinski definition) is 5. The molecule has 0 amide bonds. The van der Waals surface area contributed by atoms with Crippen molar-refractivity contribution in [1.29, 1.82) is 0 Å². The van der Waals surface area contributed by atoms with Crippen LogP contribution in [0.15, 0.2) is 24.3 Å². The summed E-state index contributed by atoms with van der Waals surface area (Å²) in [5.74, 6) is 1.57. The average Bonchev–Trinajstić information content (AvgIpc) is 2.78. The number of rotatable bonds is 22. The highest BCUT2D eigenvalue weighted by Crippen LogP contribution is 2.18. The minimum atomic E-state index is 0.509. The molecule has 5 nitrogen and oxygen atoms in total. The Morgan fingerprint density at radius 3 is 1.67 bits per heavy atom. The van der Waals surface area contributed by atoms with E-state index in [1.54, 1.807) is 7.11 Å². The highest BCUT2D eigenvalue weighted by Gasteiger charge is 1.97. The van der Waals surface area contributed by atoms with Gasteiger partial charge >= 0.3 is 0 Å². The highest BCUT2D eigenvalue weighted by atomic mass is 16.6. The topological polar surface area (TPSA) is 46.2 Å². The lowest BCUT2D eigenvalue weighted by Crippen LogP contribution is -2.13. The van der Waals surface area contributed by atoms with Crippen LogP contribution in [-0.2, 0) is 14.2 Å². The maximum Gasteiger partial charge on any atom is 0.123 e. The van der Waals surface area contributed by atoms with Crippen LogP contribution in [-0.4, -0.2) is 53.4 Å². The summed E-state index contributed by atoms with van der Waals surface area (Å²) in [6.07, 6.45) is 13.5. The zero-order chi connectivity index (χ0) is 21.5. The molecule has 0 atom stereocenters. The summed E-state index contributed by atoms with van der Waals surface area (Å²) in [4.78, 5) is 0. The van der Waals surface area contributed by atoms with Crippen molar-refractivity contribution in [3.63, 3.8) is 0 Å². The van der Waals surface area contributed by atoms with E-state index in [0.29, 0.717) is 39.6 Å². The molecular weight excluding hydrogens is 380 g/mol. The second kappa shape index (κ2) is 21.0. The fourth-order valence-corrected chi connectivity index (χ4v) is 3.14. The van der Waals surface area contributed by atoms with E-state index in [-0.39, 0.29) is 0 Å². The first-order chi connectivity index (χ1) is 14.9. The first-order valence-electron chi connectivity index (χ1n) is 11.9. The van der Waals surface area contributed by atoms with Gasteiger partial charge in [0.1, 0.15) is 18.1 Å². The number of unbranched alkanes of at least 4 members (excludes halogenated alkanes) is 9. The first kappa shape index (κ1) is 26.7. The molecule has 0 fully saturated rings. The Balaban J connectivity index is 1.73. The Morgan fingerprint density at radius 1 is 0.567 bits per heavy atom. The van der Waals surface area contributed by atoms with Crippen LogP contribution in [0, 0.1) is 0 Å². The van der Waals surface area contributed by atoms with Crippen LogP contribution in [0.1, 0.15) is 71.1 Å². The molecule has 0 N–H and O–H groups in total. The van der Waals surface area contributed by atoms with Gasteiger partial charge in [0, 0.05) is 12.7 Å². The zero-order valence-electron chi connectivity index (χ0n) is 19.4. The minimum Gasteiger partial charge on any atom is -0.497 e. The van der Waals surface area contributed by atoms with E-state index in [2.05, 4.69) is 6.92 Å². The number of ether oxygens (including phenoxy) is 5. The highest BCUT2D eigenvalue weighted by molar-refractivity contribution is 5.32. The standard InChI is InChI=1S/C25H44O5/c1-3-4-5-6-7-8-9-10-11-12-16-27-17-18-28-19-20-29-21-22-30-25-15-13-14-24(23-25)26-2/h13-15,23H,3-12,16-22H2,1-2H3. The monoisotopic (exact) mass is 424 g/mol. The van der Waals surface area contributed by atoms with Crippen LogP contribution >= 0.6 is 0 Å². The number of hydrogen-bond donors (Lipinski definition) is 0. The second-order valence-electron chi connectivity index (χ2n) is 7.55. The predicted molar refractivity (Wildman–Crippen MR) is 123 cm³/mol. The Bertz CT molecular complexity index is 480. The summed E-state index contributed by atoms with van der Waals surface area (Å²) in [5, 5.41) is 0. The summed E-state index contributed by atoms with van der Waals surface area (Å²) in [7, 11) is 1.64. The molecule has 0 heterocycles. The predicted octanol–water partition coefficient (Wildman–Crippen LogP) is 6.04. The maximum atomic E-state index is 5.62. The SMILES string of the molecule is CCCCCCCCCCCCOCCOCCOCCOc1cccc(OC)c1. The molecule has 0 unspecified atom stereocenters. The molecule has 0 radical (unpaired) electrons. The van der Waals surface area contributed by atoms with Crippen molar-refractivity contribution in [2.45, 2.75) is 71.1 Å². The molecule has 0 bridgehead atoms. The van der Waals surface area contributed by atoms with Crippen molar-refractivity contribution >= 4 is 0 Å². The largest absolute Gasteiger partial charge is 0.497 e. The molecule has 174 valence electrons. The van der Waals surface area contributed by atoms with Gasteiger partial charge in [-0.1, -0.05) is 70.8 Å². The smallest absolute Gasteiger partial charge is 0.123 e. The third kappa shape index (κ3) is 16.5. The summed E-state index contributed by atoms with van der Waals surface area (Å²) in [6, 6.07) is 7.56. The van der Waals surface area contributed by atoms with Gasteiger partial charge in [0.15, 0.2) is 0 Å². The van der Waals surface area contributed by atoms with Crippen molar-refractivity contribution in [1.82, 2.24) is 0 Å². The summed E-state index contributed by atoms with van der Waals surface area (Å²) < 4.78 is 27.4. The third-order valence-corrected chi connectivity index (χ3v) is 4.92. The minimum absolute atomic E-state index is 0.509. The molecule has 0 saturated carbocycles. The second-order valence-corrected chi connectivity index (χ2v) is 7.55. The quantitative estimate of drug-likeness (QED) is 0.212. The van der Waals surface area contributed by atoms with Crippen LogP contribution in [0.25, 0.3) is 0 Å². The summed E-state index contributed by atoms with van der Waals surface area (Å²) >= 11 is 0. The molecule has 1 aromatic rings. The van der Waals surface area contributed by atoms with Crippen molar-refractivity contribution in [3.05, 3.63) is 24.3 Å². The van der Waals surface area contributed by atoms with Crippen molar-refractivity contribution in [2.24, 2.45) is 0 Å². The Kier molecular flexibility index (Phi) is 18.7. The molecule has 0 saturated heterocycles. The molecule has 5 heteroatoms. The molecule has 0 aromatic heterocycles. The van der Waals surface area contributed by atoms with E-state index in [1.807, 2.05) is 24.3 Å². The van der Waals surface area contributed by atoms with Gasteiger partial charge in [-0.25, -0.2) is 0 Å². The molecule has 30 heavy (non-hydrogen) atoms. The van der Waals surface area contributed by atoms with E-state index >= 15 is 0 Å². The lowest BCUT2D eigenvalue weighted by molar-refractivity contribution is 0.00877. The van der Waals surface area contributed by atoms with Crippen molar-refractivity contribution < 1.29 is 23.7 Å². The molecule has 1 aromatic carbocycles. The normalized spacial score (nSPS) is 11.0. The lowest BCUT2D eigenvalue weighted by Gasteiger charge is -2.09. The summed E-state index contributed by atoms with van der Waals surface area (Å²) in [6.45, 7) is 6.60. The van der Waals surface area contributed by atoms with Gasteiger partial charge < -0.3 is 23.7 Å². The lowest BCUT2D eigenvalue weighted by atomic mass is 10.1. The van der Waals surface area contributed by atoms with Crippen molar-refractivity contribution in [2.75, 3.05) is 53.4 Å². The van der Waals surface area contributed by atoms with E-state index in [0.717, 1.165) is 24.5 Å². The van der Waals surface area contributed by atoms with E-state index in [1.165, 1.54) is 57.8 Å². The summed E-state index contributed by atoms with van der Waals surface area (Å²) in [5.41, 5.74) is 0. The van der Waals surface area contributed by atoms with Gasteiger partial charge in [-0.05, 0) is 18.6 Å². The van der Waals surface area contributed by atoms with Gasteiger partial charge in [-0.2, -0.15) is 0 Å². The number of methoxy groups -OCH3 is 1. The van der Waals surface area contributed by atoms with E-state index in [4.69, 9.17) is 23.7 Å². The molecular formula is C25H44O5. The molecule has 0 aliphatic heterocycles. The first-order valence-corrected chi connectivity index (χ1v) is 11.9. The molecule has 0 aliphatic rings. The fourth-order valence-electron chi connectivity index (χ4n) is 3.14. The van der Waals surface area contributed by atoms with Gasteiger partial charge in [0.2, 0.25) is 0 Å². The van der Waals surface area contributed by atoms with Gasteiger partial charge in [-0.15, -0.1) is 0 Å². The van der Waals surface area contributed by atoms with Crippen LogP contribution in [0.5, 0.6) is 11.5 Å². The van der Waals surface area contributed by atoms with Crippen LogP contribution in [0.2, 0.25) is 0 Å². The molecule has 1 rings (SSSR count). The maximum absolute atomic E-state index is 5.62. The van der Waals surface area contributed by atoms with Crippen LogP contribution in [0.4, 0.5) is 0 Å². The Hall–Kier alpha value is -1.30. The van der Waals surface area contributed by atoms with Crippen LogP contribution < -0.4 is 9.47 Å². The van der Waals surface area contributed by atoms with E-state index < -0.39 is 0 Å². The van der Waals surface area contributed by atoms with Crippen LogP contribution in [0.3, 0.4) is 0 Å². The van der Waals surface area contributed by atoms with E-state index in [9.17, 15) is 0 Å². The number of benzene rings is 1. The Morgan fingerprint density at radius 2 is 1.07 bits per heavy atom. The molecule has 0 spiro atoms. The average molecular weight is 425 g/mol. The zero-order valence-corrected chi connectivity index (χ0v) is 19.4. The van der Waals surface area contributed by atoms with Crippen molar-refractivity contribution in [3.8, 4) is 11.5 Å².